The summed E-state index contributed by atoms with van der Waals surface area (Å²) in [6.45, 7) is 5.02. The number of aryl methyl sites for hydroxylation is 1. The highest BCUT2D eigenvalue weighted by molar-refractivity contribution is 7.07. The van der Waals surface area contributed by atoms with E-state index in [-0.39, 0.29) is 12.7 Å². The van der Waals surface area contributed by atoms with E-state index in [1.54, 1.807) is 11.3 Å². The van der Waals surface area contributed by atoms with Crippen molar-refractivity contribution >= 4 is 11.3 Å². The number of hydrogen-bond acceptors (Lipinski definition) is 5. The molecule has 146 valence electrons. The lowest BCUT2D eigenvalue weighted by molar-refractivity contribution is 0.144. The first-order chi connectivity index (χ1) is 13.7. The van der Waals surface area contributed by atoms with Crippen LogP contribution in [0.5, 0.6) is 11.5 Å². The Labute approximate surface area is 170 Å². The maximum atomic E-state index is 8.89. The van der Waals surface area contributed by atoms with Crippen molar-refractivity contribution in [3.8, 4) is 11.5 Å². The van der Waals surface area contributed by atoms with Crippen LogP contribution in [0.3, 0.4) is 0 Å². The fourth-order valence-corrected chi connectivity index (χ4v) is 4.24. The second kappa shape index (κ2) is 8.78. The SMILES string of the molecule is Cc1ccc2c(c1)CN(Cc1ccc(OCCO)cc1)C[C@H](c1ccsc1)O2. The van der Waals surface area contributed by atoms with Gasteiger partial charge in [-0.2, -0.15) is 11.3 Å². The van der Waals surface area contributed by atoms with Crippen molar-refractivity contribution < 1.29 is 14.6 Å². The van der Waals surface area contributed by atoms with Crippen LogP contribution < -0.4 is 9.47 Å². The average Bonchev–Trinajstić information content (AvgIpc) is 3.17. The van der Waals surface area contributed by atoms with Gasteiger partial charge in [-0.3, -0.25) is 4.90 Å². The highest BCUT2D eigenvalue weighted by atomic mass is 32.1. The third-order valence-corrected chi connectivity index (χ3v) is 5.61. The molecule has 4 nitrogen and oxygen atoms in total. The first kappa shape index (κ1) is 19.0. The Morgan fingerprint density at radius 1 is 1.18 bits per heavy atom. The molecule has 0 unspecified atom stereocenters. The van der Waals surface area contributed by atoms with E-state index in [4.69, 9.17) is 14.6 Å². The minimum atomic E-state index is 0.0261. The summed E-state index contributed by atoms with van der Waals surface area (Å²) >= 11 is 1.71. The summed E-state index contributed by atoms with van der Waals surface area (Å²) in [4.78, 5) is 2.44. The molecule has 0 amide bonds. The van der Waals surface area contributed by atoms with Crippen molar-refractivity contribution in [2.24, 2.45) is 0 Å². The lowest BCUT2D eigenvalue weighted by Gasteiger charge is -2.23. The highest BCUT2D eigenvalue weighted by Crippen LogP contribution is 2.33. The molecule has 1 aromatic heterocycles. The topological polar surface area (TPSA) is 41.9 Å². The van der Waals surface area contributed by atoms with Crippen molar-refractivity contribution in [3.63, 3.8) is 0 Å². The largest absolute Gasteiger partial charge is 0.491 e. The van der Waals surface area contributed by atoms with Crippen LogP contribution in [0, 0.1) is 6.92 Å². The van der Waals surface area contributed by atoms with Gasteiger partial charge in [0.1, 0.15) is 24.2 Å². The molecule has 28 heavy (non-hydrogen) atoms. The molecule has 4 rings (SSSR count). The Balaban J connectivity index is 1.55. The van der Waals surface area contributed by atoms with Crippen LogP contribution >= 0.6 is 11.3 Å². The van der Waals surface area contributed by atoms with E-state index in [1.165, 1.54) is 22.3 Å². The maximum Gasteiger partial charge on any atom is 0.137 e. The zero-order valence-electron chi connectivity index (χ0n) is 16.0. The van der Waals surface area contributed by atoms with Crippen molar-refractivity contribution in [2.45, 2.75) is 26.1 Å². The van der Waals surface area contributed by atoms with E-state index in [0.29, 0.717) is 6.61 Å². The lowest BCUT2D eigenvalue weighted by Crippen LogP contribution is -2.27. The molecule has 0 aliphatic carbocycles. The van der Waals surface area contributed by atoms with Gasteiger partial charge >= 0.3 is 0 Å². The number of rotatable bonds is 6. The van der Waals surface area contributed by atoms with Gasteiger partial charge < -0.3 is 14.6 Å². The number of thiophene rings is 1. The van der Waals surface area contributed by atoms with Crippen molar-refractivity contribution in [1.82, 2.24) is 4.90 Å². The van der Waals surface area contributed by atoms with Gasteiger partial charge in [-0.15, -0.1) is 0 Å². The summed E-state index contributed by atoms with van der Waals surface area (Å²) in [6, 6.07) is 16.7. The smallest absolute Gasteiger partial charge is 0.137 e. The Kier molecular flexibility index (Phi) is 5.95. The molecule has 1 aliphatic heterocycles. The Morgan fingerprint density at radius 3 is 2.79 bits per heavy atom. The Bertz CT molecular complexity index is 893. The standard InChI is InChI=1S/C23H25NO3S/c1-17-2-7-22-20(12-17)14-24(15-23(27-22)19-8-11-28-16-19)13-18-3-5-21(6-4-18)26-10-9-25/h2-8,11-12,16,23,25H,9-10,13-15H2,1H3/t23-/m1/s1. The minimum absolute atomic E-state index is 0.0261. The van der Waals surface area contributed by atoms with Crippen LogP contribution in [0.2, 0.25) is 0 Å². The van der Waals surface area contributed by atoms with Crippen LogP contribution in [0.1, 0.15) is 28.4 Å². The summed E-state index contributed by atoms with van der Waals surface area (Å²) < 4.78 is 11.9. The van der Waals surface area contributed by atoms with E-state index < -0.39 is 0 Å². The fourth-order valence-electron chi connectivity index (χ4n) is 3.54. The van der Waals surface area contributed by atoms with Crippen LogP contribution in [0.4, 0.5) is 0 Å². The quantitative estimate of drug-likeness (QED) is 0.664. The molecule has 0 spiro atoms. The maximum absolute atomic E-state index is 8.89. The molecule has 5 heteroatoms. The van der Waals surface area contributed by atoms with E-state index in [0.717, 1.165) is 31.1 Å². The van der Waals surface area contributed by atoms with Gasteiger partial charge in [-0.25, -0.2) is 0 Å². The molecule has 1 atom stereocenters. The number of aliphatic hydroxyl groups excluding tert-OH is 1. The summed E-state index contributed by atoms with van der Waals surface area (Å²) in [5.41, 5.74) is 4.95. The first-order valence-electron chi connectivity index (χ1n) is 9.54. The zero-order valence-corrected chi connectivity index (χ0v) is 16.8. The zero-order chi connectivity index (χ0) is 19.3. The van der Waals surface area contributed by atoms with Crippen LogP contribution in [-0.2, 0) is 13.1 Å². The predicted octanol–water partition coefficient (Wildman–Crippen LogP) is 4.56. The molecule has 2 heterocycles. The summed E-state index contributed by atoms with van der Waals surface area (Å²) in [5, 5.41) is 13.2. The van der Waals surface area contributed by atoms with Crippen LogP contribution in [0.25, 0.3) is 0 Å². The second-order valence-electron chi connectivity index (χ2n) is 7.16. The fraction of sp³-hybridized carbons (Fsp3) is 0.304. The van der Waals surface area contributed by atoms with E-state index in [2.05, 4.69) is 59.0 Å². The summed E-state index contributed by atoms with van der Waals surface area (Å²) in [6.07, 6.45) is 0.0300. The van der Waals surface area contributed by atoms with Crippen molar-refractivity contribution in [3.05, 3.63) is 81.5 Å². The molecule has 2 aromatic carbocycles. The molecular formula is C23H25NO3S. The molecule has 1 aliphatic rings. The number of hydrogen-bond donors (Lipinski definition) is 1. The number of ether oxygens (including phenoxy) is 2. The molecule has 0 radical (unpaired) electrons. The lowest BCUT2D eigenvalue weighted by atomic mass is 10.1. The molecule has 0 saturated heterocycles. The van der Waals surface area contributed by atoms with Crippen LogP contribution in [0.15, 0.2) is 59.3 Å². The number of benzene rings is 2. The normalized spacial score (nSPS) is 16.9. The molecule has 1 N–H and O–H groups in total. The van der Waals surface area contributed by atoms with Gasteiger partial charge in [0.25, 0.3) is 0 Å². The molecular weight excluding hydrogens is 370 g/mol. The Hall–Kier alpha value is -2.34. The van der Waals surface area contributed by atoms with E-state index in [1.807, 2.05) is 12.1 Å². The number of fused-ring (bicyclic) bond motifs is 1. The molecule has 0 bridgehead atoms. The molecule has 0 saturated carbocycles. The Morgan fingerprint density at radius 2 is 2.04 bits per heavy atom. The predicted molar refractivity (Wildman–Crippen MR) is 112 cm³/mol. The third-order valence-electron chi connectivity index (χ3n) is 4.91. The molecule has 3 aromatic rings. The van der Waals surface area contributed by atoms with Gasteiger partial charge in [0.2, 0.25) is 0 Å². The van der Waals surface area contributed by atoms with Gasteiger partial charge in [-0.1, -0.05) is 29.8 Å². The van der Waals surface area contributed by atoms with Crippen molar-refractivity contribution in [2.75, 3.05) is 19.8 Å². The summed E-state index contributed by atoms with van der Waals surface area (Å²) in [5.74, 6) is 1.77. The third kappa shape index (κ3) is 4.55. The van der Waals surface area contributed by atoms with Gasteiger partial charge in [0, 0.05) is 30.8 Å². The van der Waals surface area contributed by atoms with E-state index >= 15 is 0 Å². The number of aliphatic hydroxyl groups is 1. The average molecular weight is 396 g/mol. The minimum Gasteiger partial charge on any atom is -0.491 e. The summed E-state index contributed by atoms with van der Waals surface area (Å²) in [7, 11) is 0. The van der Waals surface area contributed by atoms with Gasteiger partial charge in [-0.05, 0) is 47.5 Å². The van der Waals surface area contributed by atoms with Gasteiger partial charge in [0.15, 0.2) is 0 Å². The number of nitrogens with zero attached hydrogens (tertiary/aromatic N) is 1. The van der Waals surface area contributed by atoms with Crippen molar-refractivity contribution in [1.29, 1.82) is 0 Å². The van der Waals surface area contributed by atoms with E-state index in [9.17, 15) is 0 Å². The second-order valence-corrected chi connectivity index (χ2v) is 7.94. The van der Waals surface area contributed by atoms with Gasteiger partial charge in [0.05, 0.1) is 6.61 Å². The highest BCUT2D eigenvalue weighted by Gasteiger charge is 2.24. The monoisotopic (exact) mass is 395 g/mol. The van der Waals surface area contributed by atoms with Crippen LogP contribution in [-0.4, -0.2) is 29.8 Å². The molecule has 0 fully saturated rings. The first-order valence-corrected chi connectivity index (χ1v) is 10.5.